The average molecular weight is 330 g/mol. The molecule has 0 saturated carbocycles. The fourth-order valence-corrected chi connectivity index (χ4v) is 4.20. The highest BCUT2D eigenvalue weighted by Gasteiger charge is 2.33. The minimum atomic E-state index is -3.95. The van der Waals surface area contributed by atoms with Gasteiger partial charge in [-0.1, -0.05) is 6.07 Å². The van der Waals surface area contributed by atoms with Gasteiger partial charge in [-0.3, -0.25) is 0 Å². The molecule has 1 fully saturated rings. The highest BCUT2D eigenvalue weighted by molar-refractivity contribution is 7.89. The van der Waals surface area contributed by atoms with Crippen LogP contribution in [0.3, 0.4) is 0 Å². The van der Waals surface area contributed by atoms with Crippen LogP contribution in [0, 0.1) is 11.7 Å². The fraction of sp³-hybridized carbons (Fsp3) is 0.500. The molecule has 1 aliphatic heterocycles. The van der Waals surface area contributed by atoms with Crippen molar-refractivity contribution in [2.24, 2.45) is 11.7 Å². The molecule has 1 saturated heterocycles. The minimum Gasteiger partial charge on any atom is -0.465 e. The number of ether oxygens (including phenoxy) is 1. The molecule has 8 heteroatoms. The van der Waals surface area contributed by atoms with E-state index in [9.17, 15) is 17.6 Å². The molecule has 2 N–H and O–H groups in total. The van der Waals surface area contributed by atoms with Gasteiger partial charge < -0.3 is 10.5 Å². The van der Waals surface area contributed by atoms with Crippen LogP contribution in [0.4, 0.5) is 4.39 Å². The van der Waals surface area contributed by atoms with Crippen molar-refractivity contribution in [1.82, 2.24) is 4.31 Å². The van der Waals surface area contributed by atoms with Crippen LogP contribution in [0.25, 0.3) is 0 Å². The molecule has 0 bridgehead atoms. The Morgan fingerprint density at radius 2 is 2.05 bits per heavy atom. The zero-order valence-electron chi connectivity index (χ0n) is 12.3. The van der Waals surface area contributed by atoms with Crippen LogP contribution in [0.15, 0.2) is 23.1 Å². The van der Waals surface area contributed by atoms with Gasteiger partial charge in [0, 0.05) is 13.1 Å². The molecule has 0 amide bonds. The monoisotopic (exact) mass is 330 g/mol. The Morgan fingerprint density at radius 3 is 2.59 bits per heavy atom. The Morgan fingerprint density at radius 1 is 1.41 bits per heavy atom. The molecule has 0 radical (unpaired) electrons. The number of nitrogens with two attached hydrogens (primary N) is 1. The predicted octanol–water partition coefficient (Wildman–Crippen LogP) is 0.972. The molecule has 1 aliphatic rings. The number of nitrogens with zero attached hydrogens (tertiary/aromatic N) is 1. The van der Waals surface area contributed by atoms with E-state index in [2.05, 4.69) is 4.74 Å². The summed E-state index contributed by atoms with van der Waals surface area (Å²) in [5.74, 6) is -1.63. The molecule has 2 rings (SSSR count). The number of piperidine rings is 1. The van der Waals surface area contributed by atoms with Crippen molar-refractivity contribution in [2.75, 3.05) is 26.7 Å². The smallest absolute Gasteiger partial charge is 0.342 e. The van der Waals surface area contributed by atoms with Crippen molar-refractivity contribution in [3.8, 4) is 0 Å². The van der Waals surface area contributed by atoms with Gasteiger partial charge in [0.1, 0.15) is 11.4 Å². The van der Waals surface area contributed by atoms with Crippen LogP contribution >= 0.6 is 0 Å². The van der Waals surface area contributed by atoms with Crippen molar-refractivity contribution in [3.05, 3.63) is 29.6 Å². The van der Waals surface area contributed by atoms with Gasteiger partial charge in [0.25, 0.3) is 0 Å². The maximum absolute atomic E-state index is 13.9. The number of hydrogen-bond donors (Lipinski definition) is 1. The molecule has 1 aromatic carbocycles. The Hall–Kier alpha value is -1.51. The first-order valence-electron chi connectivity index (χ1n) is 6.98. The predicted molar refractivity (Wildman–Crippen MR) is 78.3 cm³/mol. The maximum atomic E-state index is 13.9. The second-order valence-corrected chi connectivity index (χ2v) is 7.09. The quantitative estimate of drug-likeness (QED) is 0.831. The fourth-order valence-electron chi connectivity index (χ4n) is 2.54. The van der Waals surface area contributed by atoms with Crippen LogP contribution < -0.4 is 5.73 Å². The molecule has 122 valence electrons. The highest BCUT2D eigenvalue weighted by Crippen LogP contribution is 2.27. The number of hydrogen-bond acceptors (Lipinski definition) is 5. The maximum Gasteiger partial charge on any atom is 0.342 e. The van der Waals surface area contributed by atoms with E-state index in [1.807, 2.05) is 0 Å². The summed E-state index contributed by atoms with van der Waals surface area (Å²) in [7, 11) is -2.87. The standard InChI is InChI=1S/C14H19FN2O4S/c1-21-14(18)13-11(15)3-2-4-12(13)22(19,20)17-7-5-10(9-16)6-8-17/h2-4,10H,5-9,16H2,1H3. The van der Waals surface area contributed by atoms with Gasteiger partial charge in [-0.05, 0) is 37.4 Å². The topological polar surface area (TPSA) is 89.7 Å². The number of carbonyl (C=O) groups excluding carboxylic acids is 1. The summed E-state index contributed by atoms with van der Waals surface area (Å²) in [5, 5.41) is 0. The van der Waals surface area contributed by atoms with Crippen LogP contribution in [0.5, 0.6) is 0 Å². The van der Waals surface area contributed by atoms with Gasteiger partial charge in [0.05, 0.1) is 12.0 Å². The molecule has 0 aromatic heterocycles. The first-order chi connectivity index (χ1) is 10.4. The average Bonchev–Trinajstić information content (AvgIpc) is 2.54. The summed E-state index contributed by atoms with van der Waals surface area (Å²) >= 11 is 0. The molecule has 1 aromatic rings. The van der Waals surface area contributed by atoms with Gasteiger partial charge in [-0.15, -0.1) is 0 Å². The zero-order valence-corrected chi connectivity index (χ0v) is 13.1. The lowest BCUT2D eigenvalue weighted by atomic mass is 9.99. The number of methoxy groups -OCH3 is 1. The van der Waals surface area contributed by atoms with E-state index in [0.29, 0.717) is 38.4 Å². The third kappa shape index (κ3) is 3.13. The van der Waals surface area contributed by atoms with E-state index in [1.54, 1.807) is 0 Å². The summed E-state index contributed by atoms with van der Waals surface area (Å²) < 4.78 is 45.1. The van der Waals surface area contributed by atoms with E-state index < -0.39 is 27.4 Å². The molecule has 1 heterocycles. The van der Waals surface area contributed by atoms with Gasteiger partial charge in [0.15, 0.2) is 0 Å². The van der Waals surface area contributed by atoms with E-state index >= 15 is 0 Å². The number of benzene rings is 1. The molecular weight excluding hydrogens is 311 g/mol. The zero-order chi connectivity index (χ0) is 16.3. The van der Waals surface area contributed by atoms with E-state index in [1.165, 1.54) is 16.4 Å². The third-order valence-electron chi connectivity index (χ3n) is 3.89. The lowest BCUT2D eigenvalue weighted by Gasteiger charge is -2.30. The summed E-state index contributed by atoms with van der Waals surface area (Å²) in [6.07, 6.45) is 1.30. The molecule has 0 atom stereocenters. The number of carbonyl (C=O) groups is 1. The first-order valence-corrected chi connectivity index (χ1v) is 8.43. The van der Waals surface area contributed by atoms with E-state index in [-0.39, 0.29) is 4.90 Å². The molecular formula is C14H19FN2O4S. The summed E-state index contributed by atoms with van der Waals surface area (Å²) in [5.41, 5.74) is 5.04. The highest BCUT2D eigenvalue weighted by atomic mass is 32.2. The third-order valence-corrected chi connectivity index (χ3v) is 5.83. The first kappa shape index (κ1) is 16.9. The van der Waals surface area contributed by atoms with Crippen molar-refractivity contribution in [3.63, 3.8) is 0 Å². The molecule has 6 nitrogen and oxygen atoms in total. The van der Waals surface area contributed by atoms with Crippen molar-refractivity contribution in [1.29, 1.82) is 0 Å². The Labute approximate surface area is 129 Å². The van der Waals surface area contributed by atoms with Crippen LogP contribution in [0.1, 0.15) is 23.2 Å². The summed E-state index contributed by atoms with van der Waals surface area (Å²) in [6, 6.07) is 3.52. The van der Waals surface area contributed by atoms with Crippen molar-refractivity contribution < 1.29 is 22.3 Å². The largest absolute Gasteiger partial charge is 0.465 e. The lowest BCUT2D eigenvalue weighted by Crippen LogP contribution is -2.40. The number of esters is 1. The number of halogens is 1. The summed E-state index contributed by atoms with van der Waals surface area (Å²) in [6.45, 7) is 1.13. The normalized spacial score (nSPS) is 17.4. The van der Waals surface area contributed by atoms with Crippen molar-refractivity contribution in [2.45, 2.75) is 17.7 Å². The van der Waals surface area contributed by atoms with Gasteiger partial charge in [-0.25, -0.2) is 17.6 Å². The summed E-state index contributed by atoms with van der Waals surface area (Å²) in [4.78, 5) is 11.4. The van der Waals surface area contributed by atoms with Crippen LogP contribution in [-0.2, 0) is 14.8 Å². The molecule has 0 spiro atoms. The van der Waals surface area contributed by atoms with Crippen molar-refractivity contribution >= 4 is 16.0 Å². The molecule has 0 unspecified atom stereocenters. The SMILES string of the molecule is COC(=O)c1c(F)cccc1S(=O)(=O)N1CCC(CN)CC1. The Balaban J connectivity index is 2.38. The van der Waals surface area contributed by atoms with Gasteiger partial charge >= 0.3 is 5.97 Å². The second kappa shape index (κ2) is 6.72. The lowest BCUT2D eigenvalue weighted by molar-refractivity contribution is 0.0590. The van der Waals surface area contributed by atoms with Gasteiger partial charge in [0.2, 0.25) is 10.0 Å². The van der Waals surface area contributed by atoms with E-state index in [4.69, 9.17) is 5.73 Å². The van der Waals surface area contributed by atoms with Gasteiger partial charge in [-0.2, -0.15) is 4.31 Å². The number of sulfonamides is 1. The van der Waals surface area contributed by atoms with E-state index in [0.717, 1.165) is 13.2 Å². The number of rotatable bonds is 4. The second-order valence-electron chi connectivity index (χ2n) is 5.19. The molecule has 0 aliphatic carbocycles. The minimum absolute atomic E-state index is 0.291. The van der Waals surface area contributed by atoms with Crippen LogP contribution in [0.2, 0.25) is 0 Å². The molecule has 22 heavy (non-hydrogen) atoms. The Kier molecular flexibility index (Phi) is 5.15. The Bertz CT molecular complexity index is 655. The van der Waals surface area contributed by atoms with Crippen LogP contribution in [-0.4, -0.2) is 45.4 Å².